The number of carbonyl (C=O) groups excluding carboxylic acids is 1. The molecule has 0 aromatic heterocycles. The highest BCUT2D eigenvalue weighted by Crippen LogP contribution is 2.30. The van der Waals surface area contributed by atoms with Gasteiger partial charge in [-0.2, -0.15) is 5.10 Å². The van der Waals surface area contributed by atoms with Gasteiger partial charge in [0.1, 0.15) is 5.75 Å². The van der Waals surface area contributed by atoms with Crippen LogP contribution in [-0.2, 0) is 0 Å². The highest BCUT2D eigenvalue weighted by Gasteiger charge is 2.05. The summed E-state index contributed by atoms with van der Waals surface area (Å²) in [4.78, 5) is 11.9. The molecule has 0 aliphatic rings. The van der Waals surface area contributed by atoms with E-state index in [2.05, 4.69) is 10.5 Å². The molecule has 5 nitrogen and oxygen atoms in total. The number of phenols is 1. The summed E-state index contributed by atoms with van der Waals surface area (Å²) in [7, 11) is 0. The minimum absolute atomic E-state index is 0.0119. The van der Waals surface area contributed by atoms with Gasteiger partial charge in [-0.05, 0) is 48.0 Å². The third-order valence-electron chi connectivity index (χ3n) is 3.37. The van der Waals surface area contributed by atoms with Crippen LogP contribution in [0.2, 0.25) is 0 Å². The van der Waals surface area contributed by atoms with E-state index in [0.717, 1.165) is 0 Å². The third-order valence-corrected chi connectivity index (χ3v) is 3.37. The molecule has 0 spiro atoms. The number of amides is 1. The first-order valence-corrected chi connectivity index (χ1v) is 7.67. The van der Waals surface area contributed by atoms with E-state index in [-0.39, 0.29) is 11.7 Å². The van der Waals surface area contributed by atoms with Crippen LogP contribution in [0, 0.1) is 0 Å². The Labute approximate surface area is 145 Å². The topological polar surface area (TPSA) is 70.9 Å². The predicted molar refractivity (Wildman–Crippen MR) is 96.1 cm³/mol. The van der Waals surface area contributed by atoms with Crippen molar-refractivity contribution in [3.8, 4) is 17.2 Å². The second-order valence-corrected chi connectivity index (χ2v) is 5.21. The summed E-state index contributed by atoms with van der Waals surface area (Å²) in [5, 5.41) is 14.0. The average Bonchev–Trinajstić information content (AvgIpc) is 2.65. The Bertz CT molecular complexity index is 878. The lowest BCUT2D eigenvalue weighted by molar-refractivity contribution is 0.0955. The van der Waals surface area contributed by atoms with E-state index in [9.17, 15) is 9.90 Å². The van der Waals surface area contributed by atoms with Gasteiger partial charge in [-0.25, -0.2) is 5.43 Å². The zero-order chi connectivity index (χ0) is 17.5. The average molecular weight is 332 g/mol. The van der Waals surface area contributed by atoms with Crippen LogP contribution in [0.15, 0.2) is 84.0 Å². The highest BCUT2D eigenvalue weighted by molar-refractivity contribution is 5.94. The van der Waals surface area contributed by atoms with E-state index < -0.39 is 0 Å². The summed E-state index contributed by atoms with van der Waals surface area (Å²) < 4.78 is 5.60. The lowest BCUT2D eigenvalue weighted by atomic mass is 10.2. The van der Waals surface area contributed by atoms with Gasteiger partial charge in [0.15, 0.2) is 11.5 Å². The van der Waals surface area contributed by atoms with Gasteiger partial charge < -0.3 is 9.84 Å². The number of nitrogens with zero attached hydrogens (tertiary/aromatic N) is 1. The summed E-state index contributed by atoms with van der Waals surface area (Å²) in [6.07, 6.45) is 1.45. The first-order valence-electron chi connectivity index (χ1n) is 7.67. The number of rotatable bonds is 5. The number of hydrogen-bond donors (Lipinski definition) is 2. The number of benzene rings is 3. The smallest absolute Gasteiger partial charge is 0.271 e. The first kappa shape index (κ1) is 16.3. The van der Waals surface area contributed by atoms with E-state index in [1.807, 2.05) is 24.3 Å². The number of hydrogen-bond acceptors (Lipinski definition) is 4. The molecule has 3 aromatic rings. The number of aromatic hydroxyl groups is 1. The molecular weight excluding hydrogens is 316 g/mol. The third kappa shape index (κ3) is 4.45. The molecule has 0 fully saturated rings. The summed E-state index contributed by atoms with van der Waals surface area (Å²) >= 11 is 0. The second kappa shape index (κ2) is 7.79. The minimum Gasteiger partial charge on any atom is -0.504 e. The maximum Gasteiger partial charge on any atom is 0.271 e. The van der Waals surface area contributed by atoms with Crippen LogP contribution in [0.5, 0.6) is 17.2 Å². The van der Waals surface area contributed by atoms with E-state index in [1.165, 1.54) is 12.3 Å². The molecule has 1 amide bonds. The standard InChI is InChI=1S/C20H16N2O3/c23-18-13-15(11-12-19(18)25-17-9-5-2-6-10-17)14-21-22-20(24)16-7-3-1-4-8-16/h1-14,23H,(H,22,24)/b21-14+. The molecule has 5 heteroatoms. The molecule has 0 bridgehead atoms. The lowest BCUT2D eigenvalue weighted by Gasteiger charge is -2.07. The van der Waals surface area contributed by atoms with Gasteiger partial charge in [0.25, 0.3) is 5.91 Å². The van der Waals surface area contributed by atoms with Crippen LogP contribution in [0.25, 0.3) is 0 Å². The Kier molecular flexibility index (Phi) is 5.07. The zero-order valence-corrected chi connectivity index (χ0v) is 13.3. The maximum absolute atomic E-state index is 11.9. The molecule has 3 rings (SSSR count). The van der Waals surface area contributed by atoms with Crippen molar-refractivity contribution in [2.24, 2.45) is 5.10 Å². The largest absolute Gasteiger partial charge is 0.504 e. The number of phenolic OH excluding ortho intramolecular Hbond substituents is 1. The van der Waals surface area contributed by atoms with Crippen molar-refractivity contribution in [1.29, 1.82) is 0 Å². The van der Waals surface area contributed by atoms with Gasteiger partial charge in [0.2, 0.25) is 0 Å². The molecule has 0 radical (unpaired) electrons. The van der Waals surface area contributed by atoms with Crippen LogP contribution >= 0.6 is 0 Å². The molecule has 0 aliphatic carbocycles. The molecule has 2 N–H and O–H groups in total. The molecule has 124 valence electrons. The highest BCUT2D eigenvalue weighted by atomic mass is 16.5. The number of para-hydroxylation sites is 1. The summed E-state index contributed by atoms with van der Waals surface area (Å²) in [6, 6.07) is 22.9. The van der Waals surface area contributed by atoms with Crippen LogP contribution in [-0.4, -0.2) is 17.2 Å². The van der Waals surface area contributed by atoms with Gasteiger partial charge in [0, 0.05) is 5.56 Å². The fourth-order valence-electron chi connectivity index (χ4n) is 2.14. The molecule has 0 aliphatic heterocycles. The van der Waals surface area contributed by atoms with Crippen molar-refractivity contribution in [3.05, 3.63) is 90.0 Å². The summed E-state index contributed by atoms with van der Waals surface area (Å²) in [6.45, 7) is 0. The van der Waals surface area contributed by atoms with E-state index in [4.69, 9.17) is 4.74 Å². The van der Waals surface area contributed by atoms with Crippen molar-refractivity contribution in [2.45, 2.75) is 0 Å². The van der Waals surface area contributed by atoms with E-state index >= 15 is 0 Å². The second-order valence-electron chi connectivity index (χ2n) is 5.21. The van der Waals surface area contributed by atoms with Crippen molar-refractivity contribution in [1.82, 2.24) is 5.43 Å². The van der Waals surface area contributed by atoms with E-state index in [1.54, 1.807) is 48.5 Å². The van der Waals surface area contributed by atoms with Gasteiger partial charge in [-0.15, -0.1) is 0 Å². The van der Waals surface area contributed by atoms with Crippen LogP contribution in [0.4, 0.5) is 0 Å². The Hall–Kier alpha value is -3.60. The van der Waals surface area contributed by atoms with E-state index in [0.29, 0.717) is 22.6 Å². The van der Waals surface area contributed by atoms with Crippen molar-refractivity contribution < 1.29 is 14.6 Å². The minimum atomic E-state index is -0.301. The number of carbonyl (C=O) groups is 1. The Balaban J connectivity index is 1.63. The fraction of sp³-hybridized carbons (Fsp3) is 0. The molecule has 0 saturated heterocycles. The quantitative estimate of drug-likeness (QED) is 0.549. The van der Waals surface area contributed by atoms with Gasteiger partial charge in [-0.1, -0.05) is 36.4 Å². The van der Waals surface area contributed by atoms with Crippen molar-refractivity contribution >= 4 is 12.1 Å². The van der Waals surface area contributed by atoms with Gasteiger partial charge in [-0.3, -0.25) is 4.79 Å². The zero-order valence-electron chi connectivity index (χ0n) is 13.3. The normalized spacial score (nSPS) is 10.6. The predicted octanol–water partition coefficient (Wildman–Crippen LogP) is 3.95. The molecule has 25 heavy (non-hydrogen) atoms. The molecule has 3 aromatic carbocycles. The monoisotopic (exact) mass is 332 g/mol. The molecular formula is C20H16N2O3. The lowest BCUT2D eigenvalue weighted by Crippen LogP contribution is -2.17. The number of hydrazone groups is 1. The Morgan fingerprint density at radius 1 is 0.960 bits per heavy atom. The van der Waals surface area contributed by atoms with Crippen LogP contribution in [0.1, 0.15) is 15.9 Å². The Morgan fingerprint density at radius 2 is 1.64 bits per heavy atom. The Morgan fingerprint density at radius 3 is 2.32 bits per heavy atom. The number of nitrogens with one attached hydrogen (secondary N) is 1. The summed E-state index contributed by atoms with van der Waals surface area (Å²) in [5.74, 6) is 0.665. The summed E-state index contributed by atoms with van der Waals surface area (Å²) in [5.41, 5.74) is 3.59. The number of ether oxygens (including phenoxy) is 1. The first-order chi connectivity index (χ1) is 12.2. The molecule has 0 atom stereocenters. The molecule has 0 saturated carbocycles. The fourth-order valence-corrected chi connectivity index (χ4v) is 2.14. The maximum atomic E-state index is 11.9. The van der Waals surface area contributed by atoms with Crippen LogP contribution in [0.3, 0.4) is 0 Å². The van der Waals surface area contributed by atoms with Crippen LogP contribution < -0.4 is 10.2 Å². The van der Waals surface area contributed by atoms with Crippen molar-refractivity contribution in [3.63, 3.8) is 0 Å². The van der Waals surface area contributed by atoms with Crippen molar-refractivity contribution in [2.75, 3.05) is 0 Å². The SMILES string of the molecule is O=C(N/N=C/c1ccc(Oc2ccccc2)c(O)c1)c1ccccc1. The molecule has 0 heterocycles. The van der Waals surface area contributed by atoms with Gasteiger partial charge >= 0.3 is 0 Å². The molecule has 0 unspecified atom stereocenters. The van der Waals surface area contributed by atoms with Gasteiger partial charge in [0.05, 0.1) is 6.21 Å².